The predicted octanol–water partition coefficient (Wildman–Crippen LogP) is 4.08. The van der Waals surface area contributed by atoms with Gasteiger partial charge in [-0.05, 0) is 38.7 Å². The number of methoxy groups -OCH3 is 2. The number of amides is 2. The highest BCUT2D eigenvalue weighted by molar-refractivity contribution is 8.00. The van der Waals surface area contributed by atoms with Gasteiger partial charge in [0.05, 0.1) is 12.6 Å². The molecule has 284 valence electrons. The summed E-state index contributed by atoms with van der Waals surface area (Å²) in [7, 11) is 2.82. The van der Waals surface area contributed by atoms with Crippen LogP contribution >= 0.6 is 23.5 Å². The van der Waals surface area contributed by atoms with E-state index in [-0.39, 0.29) is 17.8 Å². The van der Waals surface area contributed by atoms with Crippen molar-refractivity contribution in [1.82, 2.24) is 10.6 Å². The molecule has 7 atom stereocenters. The Kier molecular flexibility index (Phi) is 41.6. The molecular formula is C32H69N3O10S2. The summed E-state index contributed by atoms with van der Waals surface area (Å²) < 4.78 is 20.2. The van der Waals surface area contributed by atoms with Crippen LogP contribution in [0, 0.1) is 0 Å². The van der Waals surface area contributed by atoms with Crippen molar-refractivity contribution in [2.45, 2.75) is 137 Å². The van der Waals surface area contributed by atoms with Gasteiger partial charge in [-0.15, -0.1) is 0 Å². The number of carboxylic acid groups (broad SMARTS) is 1. The standard InChI is InChI=1S/C13H26N2O6S.C13H25NO4S.3C2H6/c1-5-21-13(7-16,12(18)19)15-11(17)10(20-4)9(14)8(3)22-6-2;1-6-18-13(16)10(4)14-12(15)11(17-5)8-9(3)19-7-2;3*1-2/h8-10,16H,5-7,14H2,1-4H3,(H,15,17)(H,18,19);9-11H,6-8H2,1-5H3,(H,14,15);3*1-2H3. The van der Waals surface area contributed by atoms with E-state index in [1.54, 1.807) is 44.3 Å². The van der Waals surface area contributed by atoms with Gasteiger partial charge in [0, 0.05) is 31.3 Å². The van der Waals surface area contributed by atoms with Gasteiger partial charge >= 0.3 is 11.9 Å². The molecule has 0 fully saturated rings. The number of hydrogen-bond acceptors (Lipinski definition) is 12. The van der Waals surface area contributed by atoms with Crippen LogP contribution in [0.3, 0.4) is 0 Å². The fraction of sp³-hybridized carbons (Fsp3) is 0.875. The summed E-state index contributed by atoms with van der Waals surface area (Å²) in [5.74, 6) is -1.12. The van der Waals surface area contributed by atoms with E-state index >= 15 is 0 Å². The second-order valence-corrected chi connectivity index (χ2v) is 12.2. The molecule has 7 unspecified atom stereocenters. The van der Waals surface area contributed by atoms with E-state index < -0.39 is 54.5 Å². The molecule has 2 amide bonds. The molecule has 13 nitrogen and oxygen atoms in total. The third-order valence-electron chi connectivity index (χ3n) is 5.69. The van der Waals surface area contributed by atoms with Gasteiger partial charge in [-0.25, -0.2) is 9.59 Å². The maximum atomic E-state index is 12.3. The van der Waals surface area contributed by atoms with Gasteiger partial charge in [0.25, 0.3) is 11.6 Å². The molecule has 0 aromatic heterocycles. The normalized spacial score (nSPS) is 15.1. The van der Waals surface area contributed by atoms with E-state index in [0.29, 0.717) is 18.3 Å². The summed E-state index contributed by atoms with van der Waals surface area (Å²) >= 11 is 3.33. The Bertz CT molecular complexity index is 783. The first-order chi connectivity index (χ1) is 22.2. The van der Waals surface area contributed by atoms with E-state index in [4.69, 9.17) is 24.7 Å². The molecule has 0 spiro atoms. The van der Waals surface area contributed by atoms with E-state index in [9.17, 15) is 29.4 Å². The molecule has 0 saturated heterocycles. The highest BCUT2D eigenvalue weighted by atomic mass is 32.2. The SMILES string of the molecule is CC.CC.CC.CCOC(=O)C(C)NC(=O)C(CC(C)SCC)OC.CCOC(CO)(NC(=O)C(OC)C(N)C(C)SCC)C(=O)O. The van der Waals surface area contributed by atoms with Gasteiger partial charge in [-0.1, -0.05) is 69.2 Å². The van der Waals surface area contributed by atoms with E-state index in [2.05, 4.69) is 24.5 Å². The first-order valence-corrected chi connectivity index (χ1v) is 18.7. The molecular weight excluding hydrogens is 650 g/mol. The third-order valence-corrected chi connectivity index (χ3v) is 7.96. The van der Waals surface area contributed by atoms with Crippen LogP contribution in [0.25, 0.3) is 0 Å². The van der Waals surface area contributed by atoms with E-state index in [1.165, 1.54) is 14.2 Å². The number of thioether (sulfide) groups is 2. The highest BCUT2D eigenvalue weighted by Crippen LogP contribution is 2.18. The molecule has 47 heavy (non-hydrogen) atoms. The lowest BCUT2D eigenvalue weighted by Gasteiger charge is -2.32. The Morgan fingerprint density at radius 2 is 1.34 bits per heavy atom. The second-order valence-electron chi connectivity index (χ2n) is 8.81. The average Bonchev–Trinajstić information content (AvgIpc) is 3.06. The van der Waals surface area contributed by atoms with Crippen LogP contribution in [0.2, 0.25) is 0 Å². The van der Waals surface area contributed by atoms with Gasteiger partial charge in [0.15, 0.2) is 6.10 Å². The zero-order valence-electron chi connectivity index (χ0n) is 31.8. The zero-order chi connectivity index (χ0) is 38.2. The van der Waals surface area contributed by atoms with E-state index in [1.807, 2.05) is 55.4 Å². The number of carbonyl (C=O) groups is 4. The van der Waals surface area contributed by atoms with Crippen molar-refractivity contribution in [3.05, 3.63) is 0 Å². The number of aliphatic hydroxyl groups is 1. The van der Waals surface area contributed by atoms with Crippen LogP contribution in [0.5, 0.6) is 0 Å². The zero-order valence-corrected chi connectivity index (χ0v) is 33.4. The van der Waals surface area contributed by atoms with Crippen LogP contribution in [-0.2, 0) is 38.1 Å². The maximum Gasteiger partial charge on any atom is 0.359 e. The number of nitrogens with one attached hydrogen (secondary N) is 2. The summed E-state index contributed by atoms with van der Waals surface area (Å²) in [4.78, 5) is 47.0. The molecule has 0 aromatic carbocycles. The Morgan fingerprint density at radius 3 is 1.70 bits per heavy atom. The Labute approximate surface area is 293 Å². The Hall–Kier alpha value is -1.62. The fourth-order valence-corrected chi connectivity index (χ4v) is 5.25. The third kappa shape index (κ3) is 24.2. The van der Waals surface area contributed by atoms with Crippen LogP contribution in [0.15, 0.2) is 0 Å². The van der Waals surface area contributed by atoms with Crippen molar-refractivity contribution in [2.24, 2.45) is 5.73 Å². The van der Waals surface area contributed by atoms with Gasteiger partial charge in [0.2, 0.25) is 5.91 Å². The number of carboxylic acids is 1. The predicted molar refractivity (Wildman–Crippen MR) is 195 cm³/mol. The minimum absolute atomic E-state index is 0.00106. The van der Waals surface area contributed by atoms with E-state index in [0.717, 1.165) is 11.5 Å². The number of ether oxygens (including phenoxy) is 4. The second kappa shape index (κ2) is 35.7. The molecule has 0 saturated carbocycles. The van der Waals surface area contributed by atoms with Gasteiger partial charge in [0.1, 0.15) is 18.8 Å². The van der Waals surface area contributed by atoms with Gasteiger partial charge < -0.3 is 45.5 Å². The molecule has 6 N–H and O–H groups in total. The number of esters is 1. The minimum atomic E-state index is -2.20. The maximum absolute atomic E-state index is 12.3. The van der Waals surface area contributed by atoms with Crippen molar-refractivity contribution in [3.8, 4) is 0 Å². The number of nitrogens with two attached hydrogens (primary N) is 1. The van der Waals surface area contributed by atoms with Crippen LogP contribution in [0.1, 0.15) is 96.4 Å². The summed E-state index contributed by atoms with van der Waals surface area (Å²) in [5, 5.41) is 23.6. The molecule has 0 aliphatic carbocycles. The lowest BCUT2D eigenvalue weighted by atomic mass is 10.1. The quantitative estimate of drug-likeness (QED) is 0.0893. The first-order valence-electron chi connectivity index (χ1n) is 16.6. The van der Waals surface area contributed by atoms with Crippen LogP contribution < -0.4 is 16.4 Å². The number of rotatable bonds is 20. The number of aliphatic carboxylic acids is 1. The minimum Gasteiger partial charge on any atom is -0.478 e. The Morgan fingerprint density at radius 1 is 0.830 bits per heavy atom. The average molecular weight is 720 g/mol. The molecule has 0 heterocycles. The van der Waals surface area contributed by atoms with Crippen LogP contribution in [0.4, 0.5) is 0 Å². The summed E-state index contributed by atoms with van der Waals surface area (Å²) in [6.45, 7) is 24.2. The lowest BCUT2D eigenvalue weighted by molar-refractivity contribution is -0.182. The van der Waals surface area contributed by atoms with Crippen molar-refractivity contribution in [2.75, 3.05) is 45.5 Å². The largest absolute Gasteiger partial charge is 0.478 e. The fourth-order valence-electron chi connectivity index (χ4n) is 3.48. The summed E-state index contributed by atoms with van der Waals surface area (Å²) in [6.07, 6.45) is -0.971. The molecule has 0 radical (unpaired) electrons. The Balaban J connectivity index is -0.000000217. The van der Waals surface area contributed by atoms with Crippen molar-refractivity contribution < 1.29 is 48.3 Å². The first kappa shape index (κ1) is 54.8. The smallest absolute Gasteiger partial charge is 0.359 e. The van der Waals surface area contributed by atoms with Crippen LogP contribution in [-0.4, -0.2) is 120 Å². The molecule has 0 bridgehead atoms. The molecule has 0 rings (SSSR count). The van der Waals surface area contributed by atoms with Gasteiger partial charge in [-0.3, -0.25) is 9.59 Å². The monoisotopic (exact) mass is 719 g/mol. The topological polar surface area (TPSA) is 196 Å². The van der Waals surface area contributed by atoms with Gasteiger partial charge in [-0.2, -0.15) is 23.5 Å². The van der Waals surface area contributed by atoms with Crippen molar-refractivity contribution >= 4 is 47.3 Å². The number of hydrogen-bond donors (Lipinski definition) is 5. The van der Waals surface area contributed by atoms with Crippen molar-refractivity contribution in [1.29, 1.82) is 0 Å². The molecule has 0 aromatic rings. The molecule has 15 heteroatoms. The molecule has 0 aliphatic rings. The summed E-state index contributed by atoms with van der Waals surface area (Å²) in [5.41, 5.74) is 3.81. The summed E-state index contributed by atoms with van der Waals surface area (Å²) in [6, 6.07) is -1.29. The highest BCUT2D eigenvalue weighted by Gasteiger charge is 2.43. The number of carbonyl (C=O) groups excluding carboxylic acids is 3. The van der Waals surface area contributed by atoms with Crippen molar-refractivity contribution in [3.63, 3.8) is 0 Å². The lowest BCUT2D eigenvalue weighted by Crippen LogP contribution is -2.63. The molecule has 0 aliphatic heterocycles. The number of aliphatic hydroxyl groups excluding tert-OH is 1.